The van der Waals surface area contributed by atoms with Crippen LogP contribution < -0.4 is 11.1 Å². The average Bonchev–Trinajstić information content (AvgIpc) is 2.77. The van der Waals surface area contributed by atoms with Crippen molar-refractivity contribution in [3.63, 3.8) is 0 Å². The summed E-state index contributed by atoms with van der Waals surface area (Å²) in [4.78, 5) is 11.8. The van der Waals surface area contributed by atoms with E-state index in [4.69, 9.17) is 5.73 Å². The van der Waals surface area contributed by atoms with Crippen LogP contribution in [0.1, 0.15) is 15.2 Å². The lowest BCUT2D eigenvalue weighted by Gasteiger charge is -2.03. The number of nitrogens with two attached hydrogens (primary N) is 1. The number of carbonyl (C=O) groups is 1. The highest BCUT2D eigenvalue weighted by Crippen LogP contribution is 2.30. The van der Waals surface area contributed by atoms with Crippen molar-refractivity contribution in [2.24, 2.45) is 0 Å². The number of ether oxygens (including phenoxy) is 1. The molecule has 1 aromatic heterocycles. The van der Waals surface area contributed by atoms with Crippen LogP contribution in [0.4, 0.5) is 15.1 Å². The molecule has 4 nitrogen and oxygen atoms in total. The summed E-state index contributed by atoms with van der Waals surface area (Å²) in [5.41, 5.74) is 6.91. The number of nitrogen functional groups attached to an aromatic ring is 1. The van der Waals surface area contributed by atoms with Crippen LogP contribution in [-0.2, 0) is 11.3 Å². The summed E-state index contributed by atoms with van der Waals surface area (Å²) in [5, 5.41) is 3.83. The first-order chi connectivity index (χ1) is 9.10. The van der Waals surface area contributed by atoms with E-state index in [-0.39, 0.29) is 5.82 Å². The number of thiophene rings is 1. The molecule has 0 aliphatic rings. The molecule has 0 radical (unpaired) electrons. The molecule has 0 spiro atoms. The number of carbonyl (C=O) groups excluding carboxylic acids is 1. The zero-order valence-electron chi connectivity index (χ0n) is 10.3. The van der Waals surface area contributed by atoms with Gasteiger partial charge < -0.3 is 15.8 Å². The van der Waals surface area contributed by atoms with Crippen molar-refractivity contribution in [3.05, 3.63) is 46.6 Å². The maximum Gasteiger partial charge on any atom is 0.350 e. The lowest BCUT2D eigenvalue weighted by molar-refractivity contribution is 0.0607. The molecule has 0 saturated carbocycles. The third-order valence-electron chi connectivity index (χ3n) is 2.49. The number of hydrogen-bond acceptors (Lipinski definition) is 5. The molecule has 0 amide bonds. The number of benzene rings is 1. The van der Waals surface area contributed by atoms with Crippen molar-refractivity contribution in [2.45, 2.75) is 6.54 Å². The van der Waals surface area contributed by atoms with E-state index in [9.17, 15) is 9.18 Å². The van der Waals surface area contributed by atoms with Crippen molar-refractivity contribution >= 4 is 28.0 Å². The van der Waals surface area contributed by atoms with Crippen molar-refractivity contribution in [1.29, 1.82) is 0 Å². The van der Waals surface area contributed by atoms with Crippen LogP contribution in [0.15, 0.2) is 30.3 Å². The summed E-state index contributed by atoms with van der Waals surface area (Å²) < 4.78 is 17.6. The Bertz CT molecular complexity index is 598. The summed E-state index contributed by atoms with van der Waals surface area (Å²) in [6, 6.07) is 7.96. The maximum atomic E-state index is 13.0. The Morgan fingerprint density at radius 1 is 1.47 bits per heavy atom. The zero-order valence-corrected chi connectivity index (χ0v) is 11.1. The molecule has 2 rings (SSSR count). The Kier molecular flexibility index (Phi) is 4.01. The quantitative estimate of drug-likeness (QED) is 0.845. The molecular weight excluding hydrogens is 267 g/mol. The summed E-state index contributed by atoms with van der Waals surface area (Å²) >= 11 is 1.21. The first-order valence-corrected chi connectivity index (χ1v) is 6.37. The molecule has 1 heterocycles. The second-order valence-corrected chi connectivity index (χ2v) is 4.92. The van der Waals surface area contributed by atoms with Gasteiger partial charge in [0.1, 0.15) is 10.7 Å². The van der Waals surface area contributed by atoms with Crippen LogP contribution in [0, 0.1) is 5.82 Å². The average molecular weight is 280 g/mol. The van der Waals surface area contributed by atoms with Gasteiger partial charge >= 0.3 is 5.97 Å². The van der Waals surface area contributed by atoms with Gasteiger partial charge in [-0.05, 0) is 23.8 Å². The minimum Gasteiger partial charge on any atom is -0.465 e. The highest BCUT2D eigenvalue weighted by atomic mass is 32.1. The summed E-state index contributed by atoms with van der Waals surface area (Å²) in [7, 11) is 1.31. The Labute approximate surface area is 114 Å². The van der Waals surface area contributed by atoms with E-state index in [0.29, 0.717) is 17.1 Å². The van der Waals surface area contributed by atoms with Gasteiger partial charge in [0.2, 0.25) is 0 Å². The van der Waals surface area contributed by atoms with Crippen molar-refractivity contribution in [3.8, 4) is 0 Å². The molecule has 0 aliphatic carbocycles. The number of methoxy groups -OCH3 is 1. The minimum atomic E-state index is -0.457. The van der Waals surface area contributed by atoms with E-state index in [1.165, 1.54) is 30.6 Å². The van der Waals surface area contributed by atoms with Gasteiger partial charge in [0, 0.05) is 6.54 Å². The third-order valence-corrected chi connectivity index (χ3v) is 3.58. The number of esters is 1. The van der Waals surface area contributed by atoms with Crippen LogP contribution in [0.25, 0.3) is 0 Å². The fourth-order valence-corrected chi connectivity index (χ4v) is 2.47. The fraction of sp³-hybridized carbons (Fsp3) is 0.154. The number of halogens is 1. The van der Waals surface area contributed by atoms with Crippen LogP contribution >= 0.6 is 11.3 Å². The lowest BCUT2D eigenvalue weighted by atomic mass is 10.2. The van der Waals surface area contributed by atoms with E-state index in [0.717, 1.165) is 10.6 Å². The summed E-state index contributed by atoms with van der Waals surface area (Å²) in [6.45, 7) is 0.457. The molecule has 1 aromatic carbocycles. The molecule has 0 fully saturated rings. The molecule has 0 saturated heterocycles. The van der Waals surface area contributed by atoms with Gasteiger partial charge in [-0.25, -0.2) is 9.18 Å². The molecule has 0 unspecified atom stereocenters. The number of nitrogens with one attached hydrogen (secondary N) is 1. The third kappa shape index (κ3) is 3.23. The fourth-order valence-electron chi connectivity index (χ4n) is 1.58. The first kappa shape index (κ1) is 13.4. The van der Waals surface area contributed by atoms with E-state index in [2.05, 4.69) is 10.1 Å². The van der Waals surface area contributed by atoms with Gasteiger partial charge in [0.05, 0.1) is 17.8 Å². The first-order valence-electron chi connectivity index (χ1n) is 5.56. The predicted octanol–water partition coefficient (Wildman–Crippen LogP) is 2.87. The van der Waals surface area contributed by atoms with E-state index in [1.54, 1.807) is 12.1 Å². The van der Waals surface area contributed by atoms with Gasteiger partial charge in [-0.15, -0.1) is 11.3 Å². The topological polar surface area (TPSA) is 64.3 Å². The number of rotatable bonds is 4. The second kappa shape index (κ2) is 5.71. The smallest absolute Gasteiger partial charge is 0.350 e. The standard InChI is InChI=1S/C13H13FN2O2S/c1-18-13(17)12-10(15)6-11(19-12)16-7-8-3-2-4-9(14)5-8/h2-6,16H,7,15H2,1H3. The van der Waals surface area contributed by atoms with Gasteiger partial charge in [0.15, 0.2) is 0 Å². The molecule has 3 N–H and O–H groups in total. The Morgan fingerprint density at radius 2 is 2.26 bits per heavy atom. The van der Waals surface area contributed by atoms with Gasteiger partial charge in [-0.2, -0.15) is 0 Å². The van der Waals surface area contributed by atoms with Crippen molar-refractivity contribution in [1.82, 2.24) is 0 Å². The summed E-state index contributed by atoms with van der Waals surface area (Å²) in [6.07, 6.45) is 0. The molecule has 0 atom stereocenters. The SMILES string of the molecule is COC(=O)c1sc(NCc2cccc(F)c2)cc1N. The van der Waals surface area contributed by atoms with Crippen molar-refractivity contribution < 1.29 is 13.9 Å². The van der Waals surface area contributed by atoms with Crippen molar-refractivity contribution in [2.75, 3.05) is 18.2 Å². The highest BCUT2D eigenvalue weighted by Gasteiger charge is 2.14. The predicted molar refractivity (Wildman–Crippen MR) is 73.8 cm³/mol. The van der Waals surface area contributed by atoms with E-state index >= 15 is 0 Å². The Hall–Kier alpha value is -2.08. The number of anilines is 2. The zero-order chi connectivity index (χ0) is 13.8. The molecule has 0 aliphatic heterocycles. The van der Waals surface area contributed by atoms with Gasteiger partial charge in [-0.1, -0.05) is 12.1 Å². The second-order valence-electron chi connectivity index (χ2n) is 3.87. The molecule has 100 valence electrons. The molecule has 2 aromatic rings. The summed E-state index contributed by atoms with van der Waals surface area (Å²) in [5.74, 6) is -0.735. The van der Waals surface area contributed by atoms with Crippen LogP contribution in [-0.4, -0.2) is 13.1 Å². The monoisotopic (exact) mass is 280 g/mol. The highest BCUT2D eigenvalue weighted by molar-refractivity contribution is 7.18. The Morgan fingerprint density at radius 3 is 2.95 bits per heavy atom. The molecule has 19 heavy (non-hydrogen) atoms. The molecule has 6 heteroatoms. The van der Waals surface area contributed by atoms with Crippen LogP contribution in [0.2, 0.25) is 0 Å². The van der Waals surface area contributed by atoms with E-state index < -0.39 is 5.97 Å². The Balaban J connectivity index is 2.06. The number of hydrogen-bond donors (Lipinski definition) is 2. The molecule has 0 bridgehead atoms. The van der Waals surface area contributed by atoms with Gasteiger partial charge in [0.25, 0.3) is 0 Å². The minimum absolute atomic E-state index is 0.278. The largest absolute Gasteiger partial charge is 0.465 e. The molecular formula is C13H13FN2O2S. The van der Waals surface area contributed by atoms with E-state index in [1.807, 2.05) is 6.07 Å². The maximum absolute atomic E-state index is 13.0. The van der Waals surface area contributed by atoms with Crippen LogP contribution in [0.5, 0.6) is 0 Å². The lowest BCUT2D eigenvalue weighted by Crippen LogP contribution is -2.01. The van der Waals surface area contributed by atoms with Crippen LogP contribution in [0.3, 0.4) is 0 Å². The van der Waals surface area contributed by atoms with Gasteiger partial charge in [-0.3, -0.25) is 0 Å². The normalized spacial score (nSPS) is 10.2.